The van der Waals surface area contributed by atoms with E-state index >= 15 is 0 Å². The summed E-state index contributed by atoms with van der Waals surface area (Å²) in [5.74, 6) is 1.81. The van der Waals surface area contributed by atoms with Crippen LogP contribution in [0.15, 0.2) is 30.3 Å². The first-order chi connectivity index (χ1) is 11.2. The first-order valence-electron chi connectivity index (χ1n) is 7.44. The van der Waals surface area contributed by atoms with E-state index in [-0.39, 0.29) is 5.91 Å². The van der Waals surface area contributed by atoms with E-state index in [9.17, 15) is 4.79 Å². The Morgan fingerprint density at radius 2 is 1.91 bits per heavy atom. The minimum absolute atomic E-state index is 0.154. The van der Waals surface area contributed by atoms with E-state index in [1.54, 1.807) is 18.2 Å². The number of carbonyl (C=O) groups excluding carboxylic acids is 1. The molecule has 7 heteroatoms. The molecule has 3 rings (SSSR count). The van der Waals surface area contributed by atoms with Gasteiger partial charge in [0.25, 0.3) is 5.91 Å². The minimum atomic E-state index is -0.154. The summed E-state index contributed by atoms with van der Waals surface area (Å²) in [6.45, 7) is 3.95. The smallest absolute Gasteiger partial charge is 0.251 e. The predicted molar refractivity (Wildman–Crippen MR) is 85.0 cm³/mol. The zero-order valence-corrected chi connectivity index (χ0v) is 12.8. The van der Waals surface area contributed by atoms with E-state index in [1.165, 1.54) is 0 Å². The number of hydrogen-bond donors (Lipinski definition) is 2. The fraction of sp³-hybridized carbons (Fsp3) is 0.312. The van der Waals surface area contributed by atoms with Crippen LogP contribution >= 0.6 is 0 Å². The molecular weight excluding hydrogens is 296 g/mol. The number of benzene rings is 1. The van der Waals surface area contributed by atoms with Crippen molar-refractivity contribution in [1.29, 1.82) is 0 Å². The number of anilines is 1. The average molecular weight is 314 g/mol. The van der Waals surface area contributed by atoms with Crippen LogP contribution in [0.2, 0.25) is 0 Å². The van der Waals surface area contributed by atoms with Crippen LogP contribution in [0.3, 0.4) is 0 Å². The molecular formula is C16H18N4O3. The van der Waals surface area contributed by atoms with E-state index in [4.69, 9.17) is 9.47 Å². The molecule has 1 aromatic carbocycles. The number of nitrogens with zero attached hydrogens (tertiary/aromatic N) is 2. The highest BCUT2D eigenvalue weighted by atomic mass is 16.6. The van der Waals surface area contributed by atoms with Crippen LogP contribution in [0.5, 0.6) is 11.5 Å². The Morgan fingerprint density at radius 3 is 2.70 bits per heavy atom. The summed E-state index contributed by atoms with van der Waals surface area (Å²) in [6.07, 6.45) is 0. The van der Waals surface area contributed by atoms with Crippen LogP contribution < -0.4 is 20.1 Å². The van der Waals surface area contributed by atoms with Crippen LogP contribution in [-0.4, -0.2) is 42.4 Å². The summed E-state index contributed by atoms with van der Waals surface area (Å²) in [6, 6.07) is 8.90. The molecule has 0 fully saturated rings. The zero-order valence-electron chi connectivity index (χ0n) is 12.8. The summed E-state index contributed by atoms with van der Waals surface area (Å²) in [4.78, 5) is 12.1. The molecule has 1 amide bonds. The number of aryl methyl sites for hydroxylation is 1. The fourth-order valence-electron chi connectivity index (χ4n) is 2.15. The normalized spacial score (nSPS) is 12.6. The maximum absolute atomic E-state index is 12.1. The van der Waals surface area contributed by atoms with Crippen molar-refractivity contribution < 1.29 is 14.3 Å². The lowest BCUT2D eigenvalue weighted by atomic mass is 10.2. The number of nitrogens with one attached hydrogen (secondary N) is 2. The van der Waals surface area contributed by atoms with Crippen molar-refractivity contribution in [3.63, 3.8) is 0 Å². The van der Waals surface area contributed by atoms with Gasteiger partial charge in [0.15, 0.2) is 11.5 Å². The van der Waals surface area contributed by atoms with Gasteiger partial charge in [0.05, 0.1) is 5.69 Å². The highest BCUT2D eigenvalue weighted by molar-refractivity contribution is 5.94. The molecule has 7 nitrogen and oxygen atoms in total. The Kier molecular flexibility index (Phi) is 4.56. The number of fused-ring (bicyclic) bond motifs is 1. The van der Waals surface area contributed by atoms with E-state index < -0.39 is 0 Å². The summed E-state index contributed by atoms with van der Waals surface area (Å²) in [7, 11) is 0. The first-order valence-corrected chi connectivity index (χ1v) is 7.44. The van der Waals surface area contributed by atoms with Crippen molar-refractivity contribution in [2.24, 2.45) is 0 Å². The third kappa shape index (κ3) is 3.88. The molecule has 2 aromatic rings. The maximum atomic E-state index is 12.1. The van der Waals surface area contributed by atoms with Gasteiger partial charge in [-0.2, -0.15) is 5.10 Å². The van der Waals surface area contributed by atoms with E-state index in [0.717, 1.165) is 5.69 Å². The van der Waals surface area contributed by atoms with Crippen LogP contribution in [0.25, 0.3) is 0 Å². The lowest BCUT2D eigenvalue weighted by Crippen LogP contribution is -2.29. The summed E-state index contributed by atoms with van der Waals surface area (Å²) in [5, 5.41) is 13.9. The molecule has 2 heterocycles. The van der Waals surface area contributed by atoms with Crippen molar-refractivity contribution in [2.75, 3.05) is 31.6 Å². The predicted octanol–water partition coefficient (Wildman–Crippen LogP) is 1.40. The fourth-order valence-corrected chi connectivity index (χ4v) is 2.15. The van der Waals surface area contributed by atoms with Crippen LogP contribution in [0.4, 0.5) is 5.82 Å². The molecule has 1 aromatic heterocycles. The SMILES string of the molecule is Cc1ccc(NCCNC(=O)c2ccc3c(c2)OCCO3)nn1. The Balaban J connectivity index is 1.48. The van der Waals surface area contributed by atoms with Gasteiger partial charge in [-0.3, -0.25) is 4.79 Å². The number of ether oxygens (including phenoxy) is 2. The highest BCUT2D eigenvalue weighted by Crippen LogP contribution is 2.30. The van der Waals surface area contributed by atoms with Gasteiger partial charge in [0.1, 0.15) is 19.0 Å². The van der Waals surface area contributed by atoms with Crippen molar-refractivity contribution >= 4 is 11.7 Å². The number of hydrogen-bond acceptors (Lipinski definition) is 6. The maximum Gasteiger partial charge on any atom is 0.251 e. The molecule has 120 valence electrons. The lowest BCUT2D eigenvalue weighted by Gasteiger charge is -2.18. The molecule has 0 radical (unpaired) electrons. The molecule has 2 N–H and O–H groups in total. The Hall–Kier alpha value is -2.83. The Labute approximate surface area is 134 Å². The van der Waals surface area contributed by atoms with Crippen LogP contribution in [0, 0.1) is 6.92 Å². The van der Waals surface area contributed by atoms with Gasteiger partial charge < -0.3 is 20.1 Å². The van der Waals surface area contributed by atoms with Crippen LogP contribution in [0.1, 0.15) is 16.1 Å². The minimum Gasteiger partial charge on any atom is -0.486 e. The van der Waals surface area contributed by atoms with Gasteiger partial charge in [0, 0.05) is 18.7 Å². The zero-order chi connectivity index (χ0) is 16.1. The van der Waals surface area contributed by atoms with E-state index in [0.29, 0.717) is 49.2 Å². The summed E-state index contributed by atoms with van der Waals surface area (Å²) in [5.41, 5.74) is 1.41. The number of aromatic nitrogens is 2. The lowest BCUT2D eigenvalue weighted by molar-refractivity contribution is 0.0954. The summed E-state index contributed by atoms with van der Waals surface area (Å²) >= 11 is 0. The molecule has 0 unspecified atom stereocenters. The third-order valence-electron chi connectivity index (χ3n) is 3.32. The van der Waals surface area contributed by atoms with Crippen molar-refractivity contribution in [3.05, 3.63) is 41.6 Å². The van der Waals surface area contributed by atoms with Gasteiger partial charge in [-0.1, -0.05) is 0 Å². The average Bonchev–Trinajstić information content (AvgIpc) is 2.59. The molecule has 0 spiro atoms. The largest absolute Gasteiger partial charge is 0.486 e. The monoisotopic (exact) mass is 314 g/mol. The first kappa shape index (κ1) is 15.1. The third-order valence-corrected chi connectivity index (χ3v) is 3.32. The molecule has 0 saturated heterocycles. The van der Waals surface area contributed by atoms with E-state index in [2.05, 4.69) is 20.8 Å². The van der Waals surface area contributed by atoms with Gasteiger partial charge in [-0.25, -0.2) is 0 Å². The molecule has 23 heavy (non-hydrogen) atoms. The van der Waals surface area contributed by atoms with Gasteiger partial charge in [-0.15, -0.1) is 5.10 Å². The highest BCUT2D eigenvalue weighted by Gasteiger charge is 2.14. The topological polar surface area (TPSA) is 85.4 Å². The van der Waals surface area contributed by atoms with Crippen molar-refractivity contribution in [3.8, 4) is 11.5 Å². The molecule has 0 saturated carbocycles. The second kappa shape index (κ2) is 6.95. The number of amides is 1. The molecule has 1 aliphatic rings. The van der Waals surface area contributed by atoms with Crippen LogP contribution in [-0.2, 0) is 0 Å². The summed E-state index contributed by atoms with van der Waals surface area (Å²) < 4.78 is 10.9. The second-order valence-electron chi connectivity index (χ2n) is 5.10. The molecule has 1 aliphatic heterocycles. The molecule has 0 aliphatic carbocycles. The van der Waals surface area contributed by atoms with Gasteiger partial charge in [-0.05, 0) is 37.3 Å². The van der Waals surface area contributed by atoms with E-state index in [1.807, 2.05) is 19.1 Å². The quantitative estimate of drug-likeness (QED) is 0.812. The van der Waals surface area contributed by atoms with Gasteiger partial charge >= 0.3 is 0 Å². The number of carbonyl (C=O) groups is 1. The standard InChI is InChI=1S/C16H18N4O3/c1-11-2-5-15(20-19-11)17-6-7-18-16(21)12-3-4-13-14(10-12)23-9-8-22-13/h2-5,10H,6-9H2,1H3,(H,17,20)(H,18,21). The second-order valence-corrected chi connectivity index (χ2v) is 5.10. The van der Waals surface area contributed by atoms with Gasteiger partial charge in [0.2, 0.25) is 0 Å². The number of rotatable bonds is 5. The Morgan fingerprint density at radius 1 is 1.09 bits per heavy atom. The van der Waals surface area contributed by atoms with Crippen molar-refractivity contribution in [1.82, 2.24) is 15.5 Å². The molecule has 0 atom stereocenters. The molecule has 0 bridgehead atoms. The Bertz CT molecular complexity index is 688. The van der Waals surface area contributed by atoms with Crippen molar-refractivity contribution in [2.45, 2.75) is 6.92 Å².